The fraction of sp³-hybridized carbons (Fsp3) is 0.688. The molecule has 1 unspecified atom stereocenters. The summed E-state index contributed by atoms with van der Waals surface area (Å²) < 4.78 is 0. The van der Waals surface area contributed by atoms with E-state index in [1.54, 1.807) is 0 Å². The third-order valence-electron chi connectivity index (χ3n) is 4.20. The van der Waals surface area contributed by atoms with Crippen LogP contribution in [0.2, 0.25) is 0 Å². The lowest BCUT2D eigenvalue weighted by molar-refractivity contribution is 0.602. The maximum Gasteiger partial charge on any atom is 0.128 e. The van der Waals surface area contributed by atoms with Gasteiger partial charge in [-0.25, -0.2) is 4.98 Å². The maximum absolute atomic E-state index is 4.77. The van der Waals surface area contributed by atoms with E-state index in [-0.39, 0.29) is 0 Å². The summed E-state index contributed by atoms with van der Waals surface area (Å²) >= 11 is 0. The standard InChI is InChI=1S/C16H27N3/c1-5-10-17-11-15-8-9-16(18-12(15)2)19(4)13(3)14-6-7-14/h8-9,13-14,17H,5-7,10-11H2,1-4H3. The second-order valence-electron chi connectivity index (χ2n) is 5.78. The molecular formula is C16H27N3. The van der Waals surface area contributed by atoms with E-state index in [9.17, 15) is 0 Å². The van der Waals surface area contributed by atoms with Crippen LogP contribution in [0.3, 0.4) is 0 Å². The Hall–Kier alpha value is -1.09. The first kappa shape index (κ1) is 14.3. The average molecular weight is 261 g/mol. The summed E-state index contributed by atoms with van der Waals surface area (Å²) in [5.74, 6) is 1.98. The molecule has 19 heavy (non-hydrogen) atoms. The number of hydrogen-bond acceptors (Lipinski definition) is 3. The highest BCUT2D eigenvalue weighted by atomic mass is 15.2. The highest BCUT2D eigenvalue weighted by Crippen LogP contribution is 2.35. The second-order valence-corrected chi connectivity index (χ2v) is 5.78. The van der Waals surface area contributed by atoms with Gasteiger partial charge < -0.3 is 10.2 Å². The molecule has 1 atom stereocenters. The van der Waals surface area contributed by atoms with Gasteiger partial charge in [-0.1, -0.05) is 13.0 Å². The second kappa shape index (κ2) is 6.38. The molecule has 0 bridgehead atoms. The molecule has 1 aromatic rings. The van der Waals surface area contributed by atoms with E-state index in [2.05, 4.69) is 50.2 Å². The number of aryl methyl sites for hydroxylation is 1. The molecule has 1 aliphatic rings. The third kappa shape index (κ3) is 3.69. The van der Waals surface area contributed by atoms with Crippen LogP contribution in [-0.2, 0) is 6.54 Å². The van der Waals surface area contributed by atoms with Crippen LogP contribution in [0, 0.1) is 12.8 Å². The number of hydrogen-bond donors (Lipinski definition) is 1. The lowest BCUT2D eigenvalue weighted by atomic mass is 10.1. The first-order valence-electron chi connectivity index (χ1n) is 7.53. The molecule has 0 spiro atoms. The van der Waals surface area contributed by atoms with Crippen molar-refractivity contribution in [2.75, 3.05) is 18.5 Å². The van der Waals surface area contributed by atoms with E-state index in [0.29, 0.717) is 6.04 Å². The summed E-state index contributed by atoms with van der Waals surface area (Å²) in [7, 11) is 2.17. The maximum atomic E-state index is 4.77. The zero-order valence-corrected chi connectivity index (χ0v) is 12.7. The lowest BCUT2D eigenvalue weighted by Gasteiger charge is -2.26. The monoisotopic (exact) mass is 261 g/mol. The molecule has 106 valence electrons. The first-order valence-corrected chi connectivity index (χ1v) is 7.53. The molecular weight excluding hydrogens is 234 g/mol. The Bertz CT molecular complexity index is 412. The van der Waals surface area contributed by atoms with Gasteiger partial charge in [-0.2, -0.15) is 0 Å². The molecule has 0 amide bonds. The topological polar surface area (TPSA) is 28.2 Å². The number of rotatable bonds is 7. The van der Waals surface area contributed by atoms with E-state index < -0.39 is 0 Å². The number of aromatic nitrogens is 1. The summed E-state index contributed by atoms with van der Waals surface area (Å²) in [6.07, 6.45) is 3.93. The quantitative estimate of drug-likeness (QED) is 0.764. The van der Waals surface area contributed by atoms with E-state index >= 15 is 0 Å². The molecule has 1 heterocycles. The van der Waals surface area contributed by atoms with E-state index in [1.165, 1.54) is 24.8 Å². The number of nitrogens with zero attached hydrogens (tertiary/aromatic N) is 2. The van der Waals surface area contributed by atoms with Gasteiger partial charge in [0, 0.05) is 25.3 Å². The zero-order valence-electron chi connectivity index (χ0n) is 12.7. The Morgan fingerprint density at radius 3 is 2.74 bits per heavy atom. The van der Waals surface area contributed by atoms with E-state index in [1.807, 2.05) is 0 Å². The van der Waals surface area contributed by atoms with Crippen LogP contribution in [0.5, 0.6) is 0 Å². The van der Waals surface area contributed by atoms with Crippen molar-refractivity contribution in [2.24, 2.45) is 5.92 Å². The molecule has 0 saturated heterocycles. The highest BCUT2D eigenvalue weighted by molar-refractivity contribution is 5.42. The molecule has 3 heteroatoms. The van der Waals surface area contributed by atoms with Crippen molar-refractivity contribution in [2.45, 2.75) is 52.6 Å². The molecule has 0 aromatic carbocycles. The predicted octanol–water partition coefficient (Wildman–Crippen LogP) is 3.12. The van der Waals surface area contributed by atoms with Gasteiger partial charge in [0.15, 0.2) is 0 Å². The van der Waals surface area contributed by atoms with Crippen molar-refractivity contribution >= 4 is 5.82 Å². The minimum absolute atomic E-state index is 0.607. The summed E-state index contributed by atoms with van der Waals surface area (Å²) in [5.41, 5.74) is 2.46. The molecule has 2 rings (SSSR count). The van der Waals surface area contributed by atoms with Crippen molar-refractivity contribution in [3.05, 3.63) is 23.4 Å². The van der Waals surface area contributed by atoms with Gasteiger partial charge in [-0.3, -0.25) is 0 Å². The van der Waals surface area contributed by atoms with Crippen molar-refractivity contribution < 1.29 is 0 Å². The van der Waals surface area contributed by atoms with Gasteiger partial charge in [0.2, 0.25) is 0 Å². The Morgan fingerprint density at radius 2 is 2.16 bits per heavy atom. The predicted molar refractivity (Wildman–Crippen MR) is 81.6 cm³/mol. The van der Waals surface area contributed by atoms with Crippen molar-refractivity contribution in [1.82, 2.24) is 10.3 Å². The summed E-state index contributed by atoms with van der Waals surface area (Å²) in [6, 6.07) is 4.99. The normalized spacial score (nSPS) is 16.4. The largest absolute Gasteiger partial charge is 0.357 e. The first-order chi connectivity index (χ1) is 9.13. The Labute approximate surface area is 117 Å². The lowest BCUT2D eigenvalue weighted by Crippen LogP contribution is -2.31. The van der Waals surface area contributed by atoms with Crippen LogP contribution in [0.4, 0.5) is 5.82 Å². The molecule has 1 aromatic heterocycles. The van der Waals surface area contributed by atoms with E-state index in [4.69, 9.17) is 4.98 Å². The van der Waals surface area contributed by atoms with Crippen LogP contribution in [0.25, 0.3) is 0 Å². The Morgan fingerprint density at radius 1 is 1.42 bits per heavy atom. The number of anilines is 1. The Balaban J connectivity index is 2.00. The third-order valence-corrected chi connectivity index (χ3v) is 4.20. The molecule has 1 saturated carbocycles. The fourth-order valence-corrected chi connectivity index (χ4v) is 2.46. The minimum Gasteiger partial charge on any atom is -0.357 e. The smallest absolute Gasteiger partial charge is 0.128 e. The molecule has 3 nitrogen and oxygen atoms in total. The van der Waals surface area contributed by atoms with Gasteiger partial charge in [-0.05, 0) is 57.2 Å². The SMILES string of the molecule is CCCNCc1ccc(N(C)C(C)C2CC2)nc1C. The van der Waals surface area contributed by atoms with Crippen molar-refractivity contribution in [1.29, 1.82) is 0 Å². The average Bonchev–Trinajstić information content (AvgIpc) is 3.23. The molecule has 1 N–H and O–H groups in total. The number of nitrogens with one attached hydrogen (secondary N) is 1. The molecule has 0 aliphatic heterocycles. The Kier molecular flexibility index (Phi) is 4.81. The zero-order chi connectivity index (χ0) is 13.8. The molecule has 1 fully saturated rings. The van der Waals surface area contributed by atoms with Crippen LogP contribution >= 0.6 is 0 Å². The van der Waals surface area contributed by atoms with Crippen LogP contribution in [-0.4, -0.2) is 24.6 Å². The number of pyridine rings is 1. The molecule has 1 aliphatic carbocycles. The van der Waals surface area contributed by atoms with Crippen LogP contribution < -0.4 is 10.2 Å². The minimum atomic E-state index is 0.607. The highest BCUT2D eigenvalue weighted by Gasteiger charge is 2.31. The van der Waals surface area contributed by atoms with Gasteiger partial charge in [-0.15, -0.1) is 0 Å². The van der Waals surface area contributed by atoms with Crippen molar-refractivity contribution in [3.8, 4) is 0 Å². The van der Waals surface area contributed by atoms with Gasteiger partial charge in [0.1, 0.15) is 5.82 Å². The van der Waals surface area contributed by atoms with Crippen molar-refractivity contribution in [3.63, 3.8) is 0 Å². The molecule has 0 radical (unpaired) electrons. The van der Waals surface area contributed by atoms with E-state index in [0.717, 1.165) is 30.5 Å². The summed E-state index contributed by atoms with van der Waals surface area (Å²) in [6.45, 7) is 8.61. The van der Waals surface area contributed by atoms with Crippen LogP contribution in [0.15, 0.2) is 12.1 Å². The van der Waals surface area contributed by atoms with Crippen LogP contribution in [0.1, 0.15) is 44.4 Å². The summed E-state index contributed by atoms with van der Waals surface area (Å²) in [5, 5.41) is 3.44. The van der Waals surface area contributed by atoms with Gasteiger partial charge in [0.05, 0.1) is 0 Å². The fourth-order valence-electron chi connectivity index (χ4n) is 2.46. The van der Waals surface area contributed by atoms with Gasteiger partial charge in [0.25, 0.3) is 0 Å². The van der Waals surface area contributed by atoms with Gasteiger partial charge >= 0.3 is 0 Å². The summed E-state index contributed by atoms with van der Waals surface area (Å²) in [4.78, 5) is 7.10.